The van der Waals surface area contributed by atoms with Crippen molar-refractivity contribution >= 4 is 5.65 Å². The number of nitrogens with zero attached hydrogens (tertiary/aromatic N) is 3. The van der Waals surface area contributed by atoms with Crippen LogP contribution in [-0.2, 0) is 6.54 Å². The van der Waals surface area contributed by atoms with Gasteiger partial charge in [0.1, 0.15) is 0 Å². The zero-order valence-corrected chi connectivity index (χ0v) is 14.7. The summed E-state index contributed by atoms with van der Waals surface area (Å²) in [5.41, 5.74) is 3.68. The lowest BCUT2D eigenvalue weighted by Crippen LogP contribution is -2.20. The molecule has 0 aliphatic carbocycles. The van der Waals surface area contributed by atoms with Crippen LogP contribution < -0.4 is 5.56 Å². The van der Waals surface area contributed by atoms with Gasteiger partial charge in [0.2, 0.25) is 0 Å². The Hall–Kier alpha value is -2.54. The highest BCUT2D eigenvalue weighted by atomic mass is 19.2. The van der Waals surface area contributed by atoms with E-state index < -0.39 is 11.6 Å². The Labute approximate surface area is 149 Å². The first kappa shape index (κ1) is 16.9. The minimum Gasteiger partial charge on any atom is -0.298 e. The number of aryl methyl sites for hydroxylation is 1. The van der Waals surface area contributed by atoms with Gasteiger partial charge in [0.25, 0.3) is 5.56 Å². The quantitative estimate of drug-likeness (QED) is 0.783. The third-order valence-corrected chi connectivity index (χ3v) is 5.21. The van der Waals surface area contributed by atoms with Crippen LogP contribution in [0.3, 0.4) is 0 Å². The Balaban J connectivity index is 1.53. The third-order valence-electron chi connectivity index (χ3n) is 5.21. The molecule has 1 fully saturated rings. The van der Waals surface area contributed by atoms with Crippen molar-refractivity contribution in [2.75, 3.05) is 13.1 Å². The highest BCUT2D eigenvalue weighted by Crippen LogP contribution is 2.28. The smallest absolute Gasteiger partial charge is 0.275 e. The summed E-state index contributed by atoms with van der Waals surface area (Å²) in [6.45, 7) is 5.83. The number of aromatic nitrogens is 3. The maximum absolute atomic E-state index is 13.4. The van der Waals surface area contributed by atoms with Gasteiger partial charge in [-0.05, 0) is 44.5 Å². The Morgan fingerprint density at radius 3 is 2.81 bits per heavy atom. The molecular weight excluding hydrogens is 338 g/mol. The van der Waals surface area contributed by atoms with Gasteiger partial charge < -0.3 is 0 Å². The molecule has 1 unspecified atom stereocenters. The molecule has 0 bridgehead atoms. The summed E-state index contributed by atoms with van der Waals surface area (Å²) in [4.78, 5) is 19.0. The van der Waals surface area contributed by atoms with Gasteiger partial charge in [-0.15, -0.1) is 0 Å². The molecule has 136 valence electrons. The summed E-state index contributed by atoms with van der Waals surface area (Å²) >= 11 is 0. The molecule has 2 aromatic heterocycles. The van der Waals surface area contributed by atoms with Crippen LogP contribution in [0.5, 0.6) is 0 Å². The second kappa shape index (κ2) is 6.32. The van der Waals surface area contributed by atoms with E-state index in [1.54, 1.807) is 13.0 Å². The first-order chi connectivity index (χ1) is 12.4. The topological polar surface area (TPSA) is 53.4 Å². The van der Waals surface area contributed by atoms with Gasteiger partial charge in [-0.3, -0.25) is 14.8 Å². The van der Waals surface area contributed by atoms with Gasteiger partial charge >= 0.3 is 0 Å². The van der Waals surface area contributed by atoms with Gasteiger partial charge in [-0.2, -0.15) is 0 Å². The van der Waals surface area contributed by atoms with E-state index in [-0.39, 0.29) is 11.5 Å². The lowest BCUT2D eigenvalue weighted by molar-refractivity contribution is 0.325. The van der Waals surface area contributed by atoms with E-state index in [4.69, 9.17) is 0 Å². The van der Waals surface area contributed by atoms with E-state index in [9.17, 15) is 13.6 Å². The summed E-state index contributed by atoms with van der Waals surface area (Å²) in [5.74, 6) is -1.39. The summed E-state index contributed by atoms with van der Waals surface area (Å²) in [6.07, 6.45) is 0.934. The van der Waals surface area contributed by atoms with Crippen molar-refractivity contribution in [3.05, 3.63) is 68.8 Å². The monoisotopic (exact) mass is 358 g/mol. The van der Waals surface area contributed by atoms with Crippen LogP contribution in [0.15, 0.2) is 29.1 Å². The number of aromatic amines is 1. The van der Waals surface area contributed by atoms with E-state index in [1.807, 2.05) is 13.0 Å². The molecule has 1 atom stereocenters. The molecule has 0 radical (unpaired) electrons. The number of nitrogens with one attached hydrogen (secondary N) is 1. The molecular formula is C19H20F2N4O. The summed E-state index contributed by atoms with van der Waals surface area (Å²) in [5, 5.41) is 3.18. The number of hydrogen-bond donors (Lipinski definition) is 1. The molecule has 1 saturated heterocycles. The molecule has 7 heteroatoms. The van der Waals surface area contributed by atoms with Gasteiger partial charge in [0.15, 0.2) is 17.3 Å². The standard InChI is InChI=1S/C19H20F2N4O/c1-11-12(2)22-18-8-17(23-25(18)19(11)26)14-5-6-24(10-14)9-13-3-4-15(20)16(21)7-13/h3-4,7-8,14,23H,5-6,9-10H2,1-2H3. The average molecular weight is 358 g/mol. The maximum atomic E-state index is 13.4. The second-order valence-corrected chi connectivity index (χ2v) is 7.00. The average Bonchev–Trinajstić information content (AvgIpc) is 3.23. The van der Waals surface area contributed by atoms with Gasteiger partial charge in [0, 0.05) is 42.0 Å². The predicted molar refractivity (Wildman–Crippen MR) is 94.3 cm³/mol. The number of fused-ring (bicyclic) bond motifs is 1. The number of rotatable bonds is 3. The van der Waals surface area contributed by atoms with Crippen molar-refractivity contribution in [3.63, 3.8) is 0 Å². The highest BCUT2D eigenvalue weighted by molar-refractivity contribution is 5.42. The molecule has 4 rings (SSSR count). The van der Waals surface area contributed by atoms with E-state index in [2.05, 4.69) is 15.0 Å². The molecule has 1 N–H and O–H groups in total. The largest absolute Gasteiger partial charge is 0.298 e. The molecule has 3 heterocycles. The minimum atomic E-state index is -0.824. The number of halogens is 2. The number of hydrogen-bond acceptors (Lipinski definition) is 3. The van der Waals surface area contributed by atoms with Crippen LogP contribution in [-0.4, -0.2) is 32.6 Å². The van der Waals surface area contributed by atoms with Crippen LogP contribution in [0.2, 0.25) is 0 Å². The summed E-state index contributed by atoms with van der Waals surface area (Å²) in [6, 6.07) is 5.96. The van der Waals surface area contributed by atoms with Crippen LogP contribution in [0.4, 0.5) is 8.78 Å². The zero-order chi connectivity index (χ0) is 18.4. The molecule has 0 saturated carbocycles. The van der Waals surface area contributed by atoms with E-state index in [0.717, 1.165) is 36.5 Å². The van der Waals surface area contributed by atoms with Crippen molar-refractivity contribution in [2.24, 2.45) is 0 Å². The van der Waals surface area contributed by atoms with Crippen molar-refractivity contribution in [3.8, 4) is 0 Å². The van der Waals surface area contributed by atoms with Crippen molar-refractivity contribution in [2.45, 2.75) is 32.7 Å². The normalized spacial score (nSPS) is 18.1. The molecule has 1 aliphatic rings. The van der Waals surface area contributed by atoms with Gasteiger partial charge in [-0.1, -0.05) is 6.07 Å². The lowest BCUT2D eigenvalue weighted by atomic mass is 10.1. The first-order valence-electron chi connectivity index (χ1n) is 8.67. The maximum Gasteiger partial charge on any atom is 0.275 e. The van der Waals surface area contributed by atoms with Crippen LogP contribution in [0.25, 0.3) is 5.65 Å². The van der Waals surface area contributed by atoms with Crippen LogP contribution >= 0.6 is 0 Å². The number of likely N-dealkylation sites (tertiary alicyclic amines) is 1. The molecule has 1 aromatic carbocycles. The fourth-order valence-electron chi connectivity index (χ4n) is 3.57. The van der Waals surface area contributed by atoms with Gasteiger partial charge in [0.05, 0.1) is 0 Å². The molecule has 0 spiro atoms. The predicted octanol–water partition coefficient (Wildman–Crippen LogP) is 2.91. The SMILES string of the molecule is Cc1nc2cc(C3CCN(Cc4ccc(F)c(F)c4)C3)[nH]n2c(=O)c1C. The lowest BCUT2D eigenvalue weighted by Gasteiger charge is -2.15. The highest BCUT2D eigenvalue weighted by Gasteiger charge is 2.26. The van der Waals surface area contributed by atoms with Crippen molar-refractivity contribution < 1.29 is 8.78 Å². The summed E-state index contributed by atoms with van der Waals surface area (Å²) in [7, 11) is 0. The van der Waals surface area contributed by atoms with Crippen molar-refractivity contribution in [1.29, 1.82) is 0 Å². The van der Waals surface area contributed by atoms with E-state index >= 15 is 0 Å². The van der Waals surface area contributed by atoms with E-state index in [0.29, 0.717) is 17.8 Å². The summed E-state index contributed by atoms with van der Waals surface area (Å²) < 4.78 is 27.9. The minimum absolute atomic E-state index is 0.0737. The van der Waals surface area contributed by atoms with E-state index in [1.165, 1.54) is 16.6 Å². The Kier molecular flexibility index (Phi) is 4.11. The Morgan fingerprint density at radius 1 is 1.23 bits per heavy atom. The Bertz CT molecular complexity index is 1040. The molecule has 1 aliphatic heterocycles. The van der Waals surface area contributed by atoms with Gasteiger partial charge in [-0.25, -0.2) is 18.3 Å². The molecule has 3 aromatic rings. The second-order valence-electron chi connectivity index (χ2n) is 7.00. The molecule has 26 heavy (non-hydrogen) atoms. The van der Waals surface area contributed by atoms with Crippen molar-refractivity contribution in [1.82, 2.24) is 19.5 Å². The fraction of sp³-hybridized carbons (Fsp3) is 0.368. The van der Waals surface area contributed by atoms with Crippen LogP contribution in [0, 0.1) is 25.5 Å². The number of H-pyrrole nitrogens is 1. The molecule has 0 amide bonds. The fourth-order valence-corrected chi connectivity index (χ4v) is 3.57. The Morgan fingerprint density at radius 2 is 2.04 bits per heavy atom. The third kappa shape index (κ3) is 2.92. The first-order valence-corrected chi connectivity index (χ1v) is 8.67. The zero-order valence-electron chi connectivity index (χ0n) is 14.7. The molecule has 5 nitrogen and oxygen atoms in total. The van der Waals surface area contributed by atoms with Crippen LogP contribution in [0.1, 0.15) is 34.9 Å². The number of benzene rings is 1.